The molecule has 27 heavy (non-hydrogen) atoms. The van der Waals surface area contributed by atoms with Gasteiger partial charge < -0.3 is 15.0 Å². The first kappa shape index (κ1) is 18.6. The topological polar surface area (TPSA) is 107 Å². The van der Waals surface area contributed by atoms with Crippen LogP contribution in [0.1, 0.15) is 13.0 Å². The van der Waals surface area contributed by atoms with Crippen molar-refractivity contribution in [2.45, 2.75) is 13.0 Å². The number of pyridine rings is 1. The second kappa shape index (κ2) is 8.00. The fraction of sp³-hybridized carbons (Fsp3) is 0.333. The smallest absolute Gasteiger partial charge is 0.285 e. The molecule has 9 heteroatoms. The van der Waals surface area contributed by atoms with Crippen molar-refractivity contribution in [2.75, 3.05) is 36.5 Å². The van der Waals surface area contributed by atoms with E-state index in [0.29, 0.717) is 18.9 Å². The highest BCUT2D eigenvalue weighted by Crippen LogP contribution is 2.20. The molecular weight excluding hydrogens is 352 g/mol. The van der Waals surface area contributed by atoms with E-state index in [0.717, 1.165) is 41.7 Å². The maximum Gasteiger partial charge on any atom is 0.285 e. The number of nitrogens with one attached hydrogen (secondary N) is 1. The number of hydrogen-bond acceptors (Lipinski definition) is 6. The van der Waals surface area contributed by atoms with Crippen LogP contribution in [0.2, 0.25) is 0 Å². The van der Waals surface area contributed by atoms with Gasteiger partial charge in [-0.1, -0.05) is 0 Å². The molecule has 0 aliphatic carbocycles. The van der Waals surface area contributed by atoms with E-state index in [1.807, 2.05) is 12.1 Å². The molecule has 3 rings (SSSR count). The number of aromatic nitrogens is 1. The van der Waals surface area contributed by atoms with Gasteiger partial charge in [-0.25, -0.2) is 0 Å². The number of hydrogen-bond donors (Lipinski definition) is 1. The summed E-state index contributed by atoms with van der Waals surface area (Å²) in [5.74, 6) is -0.434. The van der Waals surface area contributed by atoms with Gasteiger partial charge in [-0.3, -0.25) is 24.3 Å². The van der Waals surface area contributed by atoms with Crippen LogP contribution in [0, 0.1) is 10.1 Å². The highest BCUT2D eigenvalue weighted by molar-refractivity contribution is 5.93. The van der Waals surface area contributed by atoms with Gasteiger partial charge in [0.2, 0.25) is 5.91 Å². The Labute approximate surface area is 155 Å². The van der Waals surface area contributed by atoms with E-state index in [1.54, 1.807) is 12.1 Å². The highest BCUT2D eigenvalue weighted by atomic mass is 16.6. The van der Waals surface area contributed by atoms with E-state index in [9.17, 15) is 19.7 Å². The molecule has 0 saturated carbocycles. The van der Waals surface area contributed by atoms with Crippen molar-refractivity contribution in [1.29, 1.82) is 0 Å². The number of carbonyl (C=O) groups is 1. The zero-order valence-corrected chi connectivity index (χ0v) is 14.8. The first-order valence-electron chi connectivity index (χ1n) is 8.56. The maximum absolute atomic E-state index is 12.5. The summed E-state index contributed by atoms with van der Waals surface area (Å²) in [6.45, 7) is 4.53. The van der Waals surface area contributed by atoms with Crippen molar-refractivity contribution >= 4 is 23.0 Å². The summed E-state index contributed by atoms with van der Waals surface area (Å²) in [5.41, 5.74) is 0.900. The predicted octanol–water partition coefficient (Wildman–Crippen LogP) is 1.79. The number of rotatable bonds is 5. The summed E-state index contributed by atoms with van der Waals surface area (Å²) < 4.78 is 6.38. The second-order valence-electron chi connectivity index (χ2n) is 6.20. The van der Waals surface area contributed by atoms with Gasteiger partial charge in [-0.15, -0.1) is 0 Å². The monoisotopic (exact) mass is 372 g/mol. The molecule has 1 aliphatic heterocycles. The zero-order chi connectivity index (χ0) is 19.4. The van der Waals surface area contributed by atoms with Crippen LogP contribution < -0.4 is 15.8 Å². The van der Waals surface area contributed by atoms with Gasteiger partial charge in [-0.05, 0) is 31.2 Å². The first-order valence-corrected chi connectivity index (χ1v) is 8.56. The molecular formula is C18H20N4O5. The minimum atomic E-state index is -0.892. The van der Waals surface area contributed by atoms with Crippen molar-refractivity contribution in [3.05, 3.63) is 63.1 Å². The molecule has 142 valence electrons. The highest BCUT2D eigenvalue weighted by Gasteiger charge is 2.19. The first-order chi connectivity index (χ1) is 13.0. The van der Waals surface area contributed by atoms with E-state index in [1.165, 1.54) is 6.92 Å². The molecule has 0 radical (unpaired) electrons. The molecule has 1 amide bonds. The number of benzene rings is 1. The van der Waals surface area contributed by atoms with Crippen molar-refractivity contribution in [3.63, 3.8) is 0 Å². The predicted molar refractivity (Wildman–Crippen MR) is 100 cm³/mol. The van der Waals surface area contributed by atoms with Gasteiger partial charge in [0.15, 0.2) is 0 Å². The standard InChI is InChI=1S/C18H20N4O5/c1-13(21-12-16(22(25)26)6-7-17(21)23)18(24)19-14-2-4-15(5-3-14)20-8-10-27-11-9-20/h2-7,12-13H,8-11H2,1H3,(H,19,24)/t13-/m1/s1. The largest absolute Gasteiger partial charge is 0.378 e. The summed E-state index contributed by atoms with van der Waals surface area (Å²) in [7, 11) is 0. The van der Waals surface area contributed by atoms with Gasteiger partial charge >= 0.3 is 0 Å². The third-order valence-corrected chi connectivity index (χ3v) is 4.44. The van der Waals surface area contributed by atoms with Crippen LogP contribution in [-0.4, -0.2) is 41.7 Å². The van der Waals surface area contributed by atoms with E-state index < -0.39 is 22.4 Å². The van der Waals surface area contributed by atoms with E-state index >= 15 is 0 Å². The van der Waals surface area contributed by atoms with Crippen molar-refractivity contribution in [1.82, 2.24) is 4.57 Å². The summed E-state index contributed by atoms with van der Waals surface area (Å²) in [4.78, 5) is 36.9. The molecule has 1 aromatic carbocycles. The van der Waals surface area contributed by atoms with Gasteiger partial charge in [-0.2, -0.15) is 0 Å². The Kier molecular flexibility index (Phi) is 5.51. The lowest BCUT2D eigenvalue weighted by molar-refractivity contribution is -0.385. The van der Waals surface area contributed by atoms with Crippen LogP contribution in [0.15, 0.2) is 47.4 Å². The van der Waals surface area contributed by atoms with E-state index in [-0.39, 0.29) is 5.69 Å². The zero-order valence-electron chi connectivity index (χ0n) is 14.8. The van der Waals surface area contributed by atoms with E-state index in [2.05, 4.69) is 10.2 Å². The average molecular weight is 372 g/mol. The van der Waals surface area contributed by atoms with Crippen molar-refractivity contribution < 1.29 is 14.5 Å². The molecule has 0 unspecified atom stereocenters. The Morgan fingerprint density at radius 2 is 1.85 bits per heavy atom. The fourth-order valence-electron chi connectivity index (χ4n) is 2.85. The lowest BCUT2D eigenvalue weighted by atomic mass is 10.2. The van der Waals surface area contributed by atoms with Crippen LogP contribution >= 0.6 is 0 Å². The molecule has 1 atom stereocenters. The SMILES string of the molecule is C[C@H](C(=O)Nc1ccc(N2CCOCC2)cc1)n1cc([N+](=O)[O-])ccc1=O. The number of ether oxygens (including phenoxy) is 1. The van der Waals surface area contributed by atoms with Crippen LogP contribution in [0.25, 0.3) is 0 Å². The molecule has 1 saturated heterocycles. The molecule has 2 aromatic rings. The molecule has 1 aliphatic rings. The third-order valence-electron chi connectivity index (χ3n) is 4.44. The normalized spacial score (nSPS) is 15.2. The molecule has 9 nitrogen and oxygen atoms in total. The number of nitro groups is 1. The Hall–Kier alpha value is -3.20. The molecule has 0 bridgehead atoms. The molecule has 1 aromatic heterocycles. The Morgan fingerprint density at radius 1 is 1.19 bits per heavy atom. The number of anilines is 2. The number of nitrogens with zero attached hydrogens (tertiary/aromatic N) is 3. The Morgan fingerprint density at radius 3 is 2.48 bits per heavy atom. The number of amides is 1. The third kappa shape index (κ3) is 4.32. The number of carbonyl (C=O) groups excluding carboxylic acids is 1. The number of morpholine rings is 1. The van der Waals surface area contributed by atoms with Gasteiger partial charge in [0.25, 0.3) is 11.2 Å². The quantitative estimate of drug-likeness (QED) is 0.633. The summed E-state index contributed by atoms with van der Waals surface area (Å²) in [6.07, 6.45) is 1.08. The molecule has 1 N–H and O–H groups in total. The fourth-order valence-corrected chi connectivity index (χ4v) is 2.85. The summed E-state index contributed by atoms with van der Waals surface area (Å²) in [5, 5.41) is 13.6. The maximum atomic E-state index is 12.5. The molecule has 1 fully saturated rings. The van der Waals surface area contributed by atoms with Crippen LogP contribution in [0.4, 0.5) is 17.1 Å². The lowest BCUT2D eigenvalue weighted by Crippen LogP contribution is -2.36. The second-order valence-corrected chi connectivity index (χ2v) is 6.20. The van der Waals surface area contributed by atoms with Gasteiger partial charge in [0.05, 0.1) is 24.3 Å². The summed E-state index contributed by atoms with van der Waals surface area (Å²) >= 11 is 0. The Balaban J connectivity index is 1.70. The van der Waals surface area contributed by atoms with Crippen LogP contribution in [0.5, 0.6) is 0 Å². The average Bonchev–Trinajstić information content (AvgIpc) is 2.69. The van der Waals surface area contributed by atoms with Gasteiger partial charge in [0, 0.05) is 36.6 Å². The lowest BCUT2D eigenvalue weighted by Gasteiger charge is -2.29. The van der Waals surface area contributed by atoms with Crippen LogP contribution in [0.3, 0.4) is 0 Å². The Bertz CT molecular complexity index is 887. The minimum Gasteiger partial charge on any atom is -0.378 e. The molecule has 0 spiro atoms. The molecule has 2 heterocycles. The minimum absolute atomic E-state index is 0.246. The van der Waals surface area contributed by atoms with Crippen molar-refractivity contribution in [3.8, 4) is 0 Å². The van der Waals surface area contributed by atoms with Crippen LogP contribution in [-0.2, 0) is 9.53 Å². The summed E-state index contributed by atoms with van der Waals surface area (Å²) in [6, 6.07) is 8.69. The van der Waals surface area contributed by atoms with Gasteiger partial charge in [0.1, 0.15) is 6.04 Å². The van der Waals surface area contributed by atoms with E-state index in [4.69, 9.17) is 4.74 Å². The van der Waals surface area contributed by atoms with Crippen molar-refractivity contribution in [2.24, 2.45) is 0 Å².